The van der Waals surface area contributed by atoms with Gasteiger partial charge in [-0.3, -0.25) is 4.79 Å². The van der Waals surface area contributed by atoms with Crippen LogP contribution >= 0.6 is 0 Å². The van der Waals surface area contributed by atoms with Crippen LogP contribution in [0.15, 0.2) is 85.1 Å². The molecule has 0 aliphatic rings. The highest BCUT2D eigenvalue weighted by atomic mass is 16.3. The Kier molecular flexibility index (Phi) is 42.9. The van der Waals surface area contributed by atoms with Crippen molar-refractivity contribution in [3.63, 3.8) is 0 Å². The Hall–Kier alpha value is -2.43. The Balaban J connectivity index is 3.50. The molecule has 0 bridgehead atoms. The number of rotatable bonds is 40. The van der Waals surface area contributed by atoms with Crippen LogP contribution in [0.4, 0.5) is 0 Å². The van der Waals surface area contributed by atoms with Crippen molar-refractivity contribution in [2.45, 2.75) is 219 Å². The summed E-state index contributed by atoms with van der Waals surface area (Å²) in [4.78, 5) is 12.4. The number of unbranched alkanes of at least 4 members (excludes halogenated alkanes) is 21. The van der Waals surface area contributed by atoms with Crippen LogP contribution in [-0.4, -0.2) is 34.9 Å². The molecule has 2 atom stereocenters. The zero-order chi connectivity index (χ0) is 39.3. The Morgan fingerprint density at radius 2 is 0.833 bits per heavy atom. The Morgan fingerprint density at radius 3 is 1.28 bits per heavy atom. The zero-order valence-electron chi connectivity index (χ0n) is 35.5. The van der Waals surface area contributed by atoms with Gasteiger partial charge in [0.25, 0.3) is 0 Å². The Bertz CT molecular complexity index is 988. The normalized spacial score (nSPS) is 13.8. The smallest absolute Gasteiger partial charge is 0.220 e. The van der Waals surface area contributed by atoms with Crippen molar-refractivity contribution in [2.75, 3.05) is 6.61 Å². The van der Waals surface area contributed by atoms with Gasteiger partial charge >= 0.3 is 0 Å². The molecule has 0 aliphatic carbocycles. The minimum Gasteiger partial charge on any atom is -0.394 e. The van der Waals surface area contributed by atoms with Gasteiger partial charge in [0.2, 0.25) is 5.91 Å². The Morgan fingerprint density at radius 1 is 0.463 bits per heavy atom. The van der Waals surface area contributed by atoms with Gasteiger partial charge in [0, 0.05) is 6.42 Å². The molecule has 4 nitrogen and oxygen atoms in total. The highest BCUT2D eigenvalue weighted by Gasteiger charge is 2.17. The predicted octanol–water partition coefficient (Wildman–Crippen LogP) is 14.5. The van der Waals surface area contributed by atoms with E-state index < -0.39 is 12.1 Å². The minimum atomic E-state index is -0.870. The Labute approximate surface area is 335 Å². The van der Waals surface area contributed by atoms with Gasteiger partial charge in [-0.2, -0.15) is 0 Å². The van der Waals surface area contributed by atoms with Crippen LogP contribution in [0.25, 0.3) is 0 Å². The monoisotopic (exact) mass is 750 g/mol. The molecule has 0 spiro atoms. The fourth-order valence-corrected chi connectivity index (χ4v) is 6.38. The summed E-state index contributed by atoms with van der Waals surface area (Å²) < 4.78 is 0. The van der Waals surface area contributed by atoms with Gasteiger partial charge in [-0.15, -0.1) is 0 Å². The fraction of sp³-hybridized carbons (Fsp3) is 0.700. The lowest BCUT2D eigenvalue weighted by Gasteiger charge is -2.19. The molecule has 1 amide bonds. The second-order valence-electron chi connectivity index (χ2n) is 15.1. The number of amides is 1. The summed E-state index contributed by atoms with van der Waals surface area (Å²) in [6.45, 7) is 4.10. The molecule has 0 aromatic carbocycles. The van der Waals surface area contributed by atoms with Crippen molar-refractivity contribution in [2.24, 2.45) is 0 Å². The van der Waals surface area contributed by atoms with Gasteiger partial charge in [-0.1, -0.05) is 208 Å². The molecule has 0 fully saturated rings. The van der Waals surface area contributed by atoms with Crippen molar-refractivity contribution in [1.82, 2.24) is 5.32 Å². The SMILES string of the molecule is CC/C=C\C/C=C\C/C=C\C/C=C\CCCCCCCCCCCCCCCCCCCCC(=O)NC(CO)C(O)/C=C/CC/C=C/CC/C=C/CCC. The van der Waals surface area contributed by atoms with E-state index in [1.807, 2.05) is 6.08 Å². The first kappa shape index (κ1) is 51.6. The maximum Gasteiger partial charge on any atom is 0.220 e. The highest BCUT2D eigenvalue weighted by molar-refractivity contribution is 5.76. The second kappa shape index (κ2) is 45.0. The maximum atomic E-state index is 12.4. The first-order valence-electron chi connectivity index (χ1n) is 22.8. The maximum absolute atomic E-state index is 12.4. The quantitative estimate of drug-likeness (QED) is 0.0431. The number of aliphatic hydroxyl groups is 2. The van der Waals surface area contributed by atoms with E-state index in [1.165, 1.54) is 116 Å². The molecule has 2 unspecified atom stereocenters. The summed E-state index contributed by atoms with van der Waals surface area (Å²) in [6.07, 6.45) is 65.7. The second-order valence-corrected chi connectivity index (χ2v) is 15.1. The summed E-state index contributed by atoms with van der Waals surface area (Å²) in [5.74, 6) is -0.0818. The van der Waals surface area contributed by atoms with Crippen LogP contribution in [0.3, 0.4) is 0 Å². The van der Waals surface area contributed by atoms with E-state index in [9.17, 15) is 15.0 Å². The zero-order valence-corrected chi connectivity index (χ0v) is 35.5. The summed E-state index contributed by atoms with van der Waals surface area (Å²) >= 11 is 0. The predicted molar refractivity (Wildman–Crippen MR) is 239 cm³/mol. The van der Waals surface area contributed by atoms with E-state index in [0.717, 1.165) is 70.6 Å². The van der Waals surface area contributed by atoms with E-state index in [-0.39, 0.29) is 12.5 Å². The van der Waals surface area contributed by atoms with Gasteiger partial charge in [0.05, 0.1) is 18.8 Å². The molecule has 0 saturated carbocycles. The van der Waals surface area contributed by atoms with Crippen molar-refractivity contribution in [3.05, 3.63) is 85.1 Å². The minimum absolute atomic E-state index is 0.0818. The molecule has 0 aliphatic heterocycles. The number of hydrogen-bond donors (Lipinski definition) is 3. The number of aliphatic hydroxyl groups excluding tert-OH is 2. The lowest BCUT2D eigenvalue weighted by atomic mass is 10.0. The molecule has 0 aromatic rings. The van der Waals surface area contributed by atoms with Gasteiger partial charge in [-0.05, 0) is 77.0 Å². The standard InChI is InChI=1S/C50H87NO3/c1-3-5-7-9-11-13-15-16-17-18-19-20-21-22-23-24-25-26-27-28-29-30-31-32-33-34-36-38-40-42-44-46-50(54)51-48(47-52)49(53)45-43-41-39-37-35-14-12-10-8-6-4-2/h5,7-8,10-11,13,16-17,19-20,35,37,43,45,48-49,52-53H,3-4,6,9,12,14-15,18,21-34,36,38-42,44,46-47H2,1-2H3,(H,51,54)/b7-5-,10-8+,13-11-,17-16-,20-19-,37-35+,45-43+. The number of carbonyl (C=O) groups is 1. The molecular formula is C50H87NO3. The molecule has 0 heterocycles. The van der Waals surface area contributed by atoms with Gasteiger partial charge < -0.3 is 15.5 Å². The molecular weight excluding hydrogens is 663 g/mol. The molecule has 54 heavy (non-hydrogen) atoms. The van der Waals surface area contributed by atoms with Crippen LogP contribution in [0.2, 0.25) is 0 Å². The van der Waals surface area contributed by atoms with E-state index in [2.05, 4.69) is 92.1 Å². The third-order valence-electron chi connectivity index (χ3n) is 9.82. The van der Waals surface area contributed by atoms with E-state index in [0.29, 0.717) is 6.42 Å². The van der Waals surface area contributed by atoms with E-state index in [4.69, 9.17) is 0 Å². The number of hydrogen-bond acceptors (Lipinski definition) is 3. The van der Waals surface area contributed by atoms with E-state index in [1.54, 1.807) is 6.08 Å². The van der Waals surface area contributed by atoms with Crippen LogP contribution in [-0.2, 0) is 4.79 Å². The van der Waals surface area contributed by atoms with E-state index >= 15 is 0 Å². The molecule has 4 heteroatoms. The lowest BCUT2D eigenvalue weighted by Crippen LogP contribution is -2.45. The molecule has 0 aromatic heterocycles. The highest BCUT2D eigenvalue weighted by Crippen LogP contribution is 2.15. The fourth-order valence-electron chi connectivity index (χ4n) is 6.38. The van der Waals surface area contributed by atoms with Crippen molar-refractivity contribution >= 4 is 5.91 Å². The van der Waals surface area contributed by atoms with Crippen LogP contribution in [0, 0.1) is 0 Å². The van der Waals surface area contributed by atoms with Crippen LogP contribution < -0.4 is 5.32 Å². The molecule has 0 rings (SSSR count). The van der Waals surface area contributed by atoms with Gasteiger partial charge in [-0.25, -0.2) is 0 Å². The summed E-state index contributed by atoms with van der Waals surface area (Å²) in [7, 11) is 0. The van der Waals surface area contributed by atoms with Gasteiger partial charge in [0.1, 0.15) is 0 Å². The average molecular weight is 750 g/mol. The van der Waals surface area contributed by atoms with Crippen LogP contribution in [0.1, 0.15) is 206 Å². The van der Waals surface area contributed by atoms with Crippen molar-refractivity contribution < 1.29 is 15.0 Å². The lowest BCUT2D eigenvalue weighted by molar-refractivity contribution is -0.123. The van der Waals surface area contributed by atoms with Crippen LogP contribution in [0.5, 0.6) is 0 Å². The molecule has 0 saturated heterocycles. The average Bonchev–Trinajstić information content (AvgIpc) is 3.18. The summed E-state index contributed by atoms with van der Waals surface area (Å²) in [5.41, 5.74) is 0. The topological polar surface area (TPSA) is 69.6 Å². The first-order chi connectivity index (χ1) is 26.7. The summed E-state index contributed by atoms with van der Waals surface area (Å²) in [5, 5.41) is 22.9. The molecule has 310 valence electrons. The molecule has 3 N–H and O–H groups in total. The summed E-state index contributed by atoms with van der Waals surface area (Å²) in [6, 6.07) is -0.646. The third kappa shape index (κ3) is 40.7. The van der Waals surface area contributed by atoms with Crippen molar-refractivity contribution in [3.8, 4) is 0 Å². The number of carbonyl (C=O) groups excluding carboxylic acids is 1. The number of nitrogens with one attached hydrogen (secondary N) is 1. The first-order valence-corrected chi connectivity index (χ1v) is 22.8. The largest absolute Gasteiger partial charge is 0.394 e. The molecule has 0 radical (unpaired) electrons. The number of allylic oxidation sites excluding steroid dienone is 13. The van der Waals surface area contributed by atoms with Gasteiger partial charge in [0.15, 0.2) is 0 Å². The third-order valence-corrected chi connectivity index (χ3v) is 9.82. The van der Waals surface area contributed by atoms with Crippen molar-refractivity contribution in [1.29, 1.82) is 0 Å².